The van der Waals surface area contributed by atoms with Crippen molar-refractivity contribution in [1.82, 2.24) is 10.3 Å². The molecule has 1 heterocycles. The maximum absolute atomic E-state index is 5.50. The van der Waals surface area contributed by atoms with Gasteiger partial charge >= 0.3 is 0 Å². The SMILES string of the molecule is CCOCCNCCOc1cncc(Br)c1. The minimum Gasteiger partial charge on any atom is -0.491 e. The Kier molecular flexibility index (Phi) is 7.12. The minimum absolute atomic E-state index is 0.629. The molecule has 1 N–H and O–H groups in total. The van der Waals surface area contributed by atoms with Crippen molar-refractivity contribution in [3.8, 4) is 5.75 Å². The third kappa shape index (κ3) is 6.05. The van der Waals surface area contributed by atoms with E-state index in [2.05, 4.69) is 26.2 Å². The van der Waals surface area contributed by atoms with Crippen molar-refractivity contribution in [1.29, 1.82) is 0 Å². The van der Waals surface area contributed by atoms with E-state index >= 15 is 0 Å². The summed E-state index contributed by atoms with van der Waals surface area (Å²) in [5, 5.41) is 3.22. The summed E-state index contributed by atoms with van der Waals surface area (Å²) in [4.78, 5) is 4.01. The predicted octanol–water partition coefficient (Wildman–Crippen LogP) is 1.85. The summed E-state index contributed by atoms with van der Waals surface area (Å²) in [5.41, 5.74) is 0. The topological polar surface area (TPSA) is 43.4 Å². The second-order valence-electron chi connectivity index (χ2n) is 3.13. The van der Waals surface area contributed by atoms with E-state index in [1.165, 1.54) is 0 Å². The fourth-order valence-corrected chi connectivity index (χ4v) is 1.47. The molecule has 90 valence electrons. The molecular weight excluding hydrogens is 272 g/mol. The van der Waals surface area contributed by atoms with Crippen LogP contribution in [-0.4, -0.2) is 37.9 Å². The fourth-order valence-electron chi connectivity index (χ4n) is 1.13. The molecule has 0 amide bonds. The van der Waals surface area contributed by atoms with Crippen LogP contribution < -0.4 is 10.1 Å². The van der Waals surface area contributed by atoms with Gasteiger partial charge in [-0.2, -0.15) is 0 Å². The Labute approximate surface area is 104 Å². The summed E-state index contributed by atoms with van der Waals surface area (Å²) in [6.45, 7) is 5.79. The van der Waals surface area contributed by atoms with E-state index in [0.717, 1.165) is 36.5 Å². The summed E-state index contributed by atoms with van der Waals surface area (Å²) in [6.07, 6.45) is 3.43. The average molecular weight is 289 g/mol. The molecule has 0 aliphatic carbocycles. The molecule has 0 aliphatic rings. The maximum atomic E-state index is 5.50. The number of halogens is 1. The van der Waals surface area contributed by atoms with Crippen molar-refractivity contribution in [2.75, 3.05) is 32.9 Å². The number of aromatic nitrogens is 1. The molecule has 5 heteroatoms. The third-order valence-corrected chi connectivity index (χ3v) is 2.29. The molecule has 0 unspecified atom stereocenters. The summed E-state index contributed by atoms with van der Waals surface area (Å²) >= 11 is 3.34. The van der Waals surface area contributed by atoms with Crippen LogP contribution in [0, 0.1) is 0 Å². The predicted molar refractivity (Wildman–Crippen MR) is 66.8 cm³/mol. The van der Waals surface area contributed by atoms with E-state index < -0.39 is 0 Å². The van der Waals surface area contributed by atoms with Crippen LogP contribution in [0.3, 0.4) is 0 Å². The van der Waals surface area contributed by atoms with Gasteiger partial charge in [0.05, 0.1) is 12.8 Å². The minimum atomic E-state index is 0.629. The number of pyridine rings is 1. The van der Waals surface area contributed by atoms with Crippen LogP contribution in [0.15, 0.2) is 22.9 Å². The molecule has 0 spiro atoms. The Morgan fingerprint density at radius 3 is 2.88 bits per heavy atom. The number of ether oxygens (including phenoxy) is 2. The van der Waals surface area contributed by atoms with Crippen molar-refractivity contribution >= 4 is 15.9 Å². The lowest BCUT2D eigenvalue weighted by Crippen LogP contribution is -2.25. The highest BCUT2D eigenvalue weighted by Gasteiger charge is 1.95. The molecule has 16 heavy (non-hydrogen) atoms. The van der Waals surface area contributed by atoms with Gasteiger partial charge in [0, 0.05) is 30.4 Å². The molecule has 4 nitrogen and oxygen atoms in total. The Morgan fingerprint density at radius 2 is 2.12 bits per heavy atom. The molecule has 1 aromatic rings. The second-order valence-corrected chi connectivity index (χ2v) is 4.05. The average Bonchev–Trinajstić information content (AvgIpc) is 2.28. The first-order valence-electron chi connectivity index (χ1n) is 5.34. The van der Waals surface area contributed by atoms with Crippen molar-refractivity contribution < 1.29 is 9.47 Å². The lowest BCUT2D eigenvalue weighted by molar-refractivity contribution is 0.148. The molecule has 0 aliphatic heterocycles. The van der Waals surface area contributed by atoms with Gasteiger partial charge in [-0.1, -0.05) is 0 Å². The molecule has 1 rings (SSSR count). The Bertz CT molecular complexity index is 297. The zero-order valence-electron chi connectivity index (χ0n) is 9.41. The lowest BCUT2D eigenvalue weighted by atomic mass is 10.5. The van der Waals surface area contributed by atoms with E-state index in [1.54, 1.807) is 12.4 Å². The van der Waals surface area contributed by atoms with Crippen molar-refractivity contribution in [3.05, 3.63) is 22.9 Å². The number of nitrogens with one attached hydrogen (secondary N) is 1. The van der Waals surface area contributed by atoms with Gasteiger partial charge < -0.3 is 14.8 Å². The van der Waals surface area contributed by atoms with E-state index in [4.69, 9.17) is 9.47 Å². The molecule has 0 saturated heterocycles. The molecule has 0 radical (unpaired) electrons. The first kappa shape index (κ1) is 13.4. The summed E-state index contributed by atoms with van der Waals surface area (Å²) in [5.74, 6) is 0.779. The van der Waals surface area contributed by atoms with Crippen molar-refractivity contribution in [2.24, 2.45) is 0 Å². The lowest BCUT2D eigenvalue weighted by Gasteiger charge is -2.07. The van der Waals surface area contributed by atoms with Gasteiger partial charge in [-0.25, -0.2) is 0 Å². The second kappa shape index (κ2) is 8.50. The number of nitrogens with zero attached hydrogens (tertiary/aromatic N) is 1. The van der Waals surface area contributed by atoms with Crippen LogP contribution in [-0.2, 0) is 4.74 Å². The fraction of sp³-hybridized carbons (Fsp3) is 0.545. The van der Waals surface area contributed by atoms with Crippen LogP contribution >= 0.6 is 15.9 Å². The largest absolute Gasteiger partial charge is 0.491 e. The Morgan fingerprint density at radius 1 is 1.31 bits per heavy atom. The summed E-state index contributed by atoms with van der Waals surface area (Å²) < 4.78 is 11.6. The summed E-state index contributed by atoms with van der Waals surface area (Å²) in [7, 11) is 0. The first-order chi connectivity index (χ1) is 7.83. The van der Waals surface area contributed by atoms with Crippen LogP contribution in [0.4, 0.5) is 0 Å². The van der Waals surface area contributed by atoms with E-state index in [0.29, 0.717) is 6.61 Å². The smallest absolute Gasteiger partial charge is 0.138 e. The molecule has 0 bridgehead atoms. The molecule has 0 saturated carbocycles. The highest BCUT2D eigenvalue weighted by Crippen LogP contribution is 2.15. The molecular formula is C11H17BrN2O2. The van der Waals surface area contributed by atoms with E-state index in [9.17, 15) is 0 Å². The Hall–Kier alpha value is -0.650. The van der Waals surface area contributed by atoms with Gasteiger partial charge in [-0.05, 0) is 28.9 Å². The van der Waals surface area contributed by atoms with E-state index in [-0.39, 0.29) is 0 Å². The van der Waals surface area contributed by atoms with Gasteiger partial charge in [-0.3, -0.25) is 4.98 Å². The first-order valence-corrected chi connectivity index (χ1v) is 6.14. The quantitative estimate of drug-likeness (QED) is 0.742. The van der Waals surface area contributed by atoms with Gasteiger partial charge in [0.25, 0.3) is 0 Å². The van der Waals surface area contributed by atoms with Crippen molar-refractivity contribution in [2.45, 2.75) is 6.92 Å². The van der Waals surface area contributed by atoms with Crippen molar-refractivity contribution in [3.63, 3.8) is 0 Å². The van der Waals surface area contributed by atoms with Gasteiger partial charge in [0.1, 0.15) is 12.4 Å². The third-order valence-electron chi connectivity index (χ3n) is 1.85. The molecule has 1 aromatic heterocycles. The van der Waals surface area contributed by atoms with Gasteiger partial charge in [0.2, 0.25) is 0 Å². The standard InChI is InChI=1S/C11H17BrN2O2/c1-2-15-5-3-13-4-6-16-11-7-10(12)8-14-9-11/h7-9,13H,2-6H2,1H3. The van der Waals surface area contributed by atoms with E-state index in [1.807, 2.05) is 13.0 Å². The number of hydrogen-bond donors (Lipinski definition) is 1. The van der Waals surface area contributed by atoms with Crippen LogP contribution in [0.1, 0.15) is 6.92 Å². The summed E-state index contributed by atoms with van der Waals surface area (Å²) in [6, 6.07) is 1.90. The zero-order chi connectivity index (χ0) is 11.6. The highest BCUT2D eigenvalue weighted by molar-refractivity contribution is 9.10. The zero-order valence-corrected chi connectivity index (χ0v) is 11.0. The van der Waals surface area contributed by atoms with Gasteiger partial charge in [-0.15, -0.1) is 0 Å². The molecule has 0 fully saturated rings. The van der Waals surface area contributed by atoms with Gasteiger partial charge in [0.15, 0.2) is 0 Å². The molecule has 0 atom stereocenters. The maximum Gasteiger partial charge on any atom is 0.138 e. The van der Waals surface area contributed by atoms with Crippen LogP contribution in [0.25, 0.3) is 0 Å². The highest BCUT2D eigenvalue weighted by atomic mass is 79.9. The monoisotopic (exact) mass is 288 g/mol. The van der Waals surface area contributed by atoms with Crippen LogP contribution in [0.2, 0.25) is 0 Å². The normalized spacial score (nSPS) is 10.4. The number of hydrogen-bond acceptors (Lipinski definition) is 4. The number of rotatable bonds is 8. The Balaban J connectivity index is 2.03. The molecule has 0 aromatic carbocycles. The van der Waals surface area contributed by atoms with Crippen LogP contribution in [0.5, 0.6) is 5.75 Å².